The van der Waals surface area contributed by atoms with E-state index in [1.165, 1.54) is 16.6 Å². The summed E-state index contributed by atoms with van der Waals surface area (Å²) < 4.78 is 5.47. The lowest BCUT2D eigenvalue weighted by molar-refractivity contribution is -0.118. The Balaban J connectivity index is 2.05. The molecule has 0 aliphatic heterocycles. The third-order valence-corrected chi connectivity index (χ3v) is 4.02. The molecular formula is C15H18N2O2. The van der Waals surface area contributed by atoms with Gasteiger partial charge in [0.25, 0.3) is 0 Å². The lowest BCUT2D eigenvalue weighted by Gasteiger charge is -2.11. The second-order valence-corrected chi connectivity index (χ2v) is 5.14. The molecule has 1 heterocycles. The zero-order valence-electron chi connectivity index (χ0n) is 11.0. The minimum absolute atomic E-state index is 0.222. The molecule has 1 aromatic carbocycles. The number of hydrogen-bond acceptors (Lipinski definition) is 2. The number of ether oxygens (including phenoxy) is 1. The smallest absolute Gasteiger partial charge is 0.217 e. The maximum absolute atomic E-state index is 11.0. The van der Waals surface area contributed by atoms with Crippen molar-refractivity contribution in [2.45, 2.75) is 31.6 Å². The van der Waals surface area contributed by atoms with Gasteiger partial charge in [-0.05, 0) is 42.9 Å². The predicted octanol–water partition coefficient (Wildman–Crippen LogP) is 2.47. The van der Waals surface area contributed by atoms with Crippen molar-refractivity contribution in [1.29, 1.82) is 0 Å². The van der Waals surface area contributed by atoms with E-state index in [2.05, 4.69) is 11.1 Å². The summed E-state index contributed by atoms with van der Waals surface area (Å²) in [7, 11) is 1.70. The average Bonchev–Trinajstić information content (AvgIpc) is 2.94. The number of H-pyrrole nitrogens is 1. The molecule has 4 heteroatoms. The molecule has 100 valence electrons. The van der Waals surface area contributed by atoms with E-state index in [1.54, 1.807) is 7.11 Å². The minimum Gasteiger partial charge on any atom is -0.496 e. The van der Waals surface area contributed by atoms with Gasteiger partial charge in [0, 0.05) is 23.0 Å². The monoisotopic (exact) mass is 258 g/mol. The van der Waals surface area contributed by atoms with E-state index in [0.29, 0.717) is 12.3 Å². The Morgan fingerprint density at radius 1 is 1.53 bits per heavy atom. The molecule has 1 amide bonds. The van der Waals surface area contributed by atoms with Crippen LogP contribution in [0.15, 0.2) is 18.2 Å². The molecular weight excluding hydrogens is 240 g/mol. The second kappa shape index (κ2) is 4.61. The van der Waals surface area contributed by atoms with Gasteiger partial charge in [0.1, 0.15) is 5.75 Å². The Morgan fingerprint density at radius 2 is 2.37 bits per heavy atom. The molecule has 0 radical (unpaired) electrons. The molecule has 3 rings (SSSR count). The lowest BCUT2D eigenvalue weighted by atomic mass is 9.94. The minimum atomic E-state index is -0.222. The van der Waals surface area contributed by atoms with Crippen LogP contribution in [-0.2, 0) is 11.2 Å². The maximum atomic E-state index is 11.0. The molecule has 1 aliphatic rings. The molecule has 19 heavy (non-hydrogen) atoms. The first kappa shape index (κ1) is 12.1. The van der Waals surface area contributed by atoms with Crippen molar-refractivity contribution < 1.29 is 9.53 Å². The fourth-order valence-electron chi connectivity index (χ4n) is 3.18. The van der Waals surface area contributed by atoms with E-state index in [1.807, 2.05) is 12.1 Å². The Bertz CT molecular complexity index is 630. The number of carbonyl (C=O) groups is 1. The summed E-state index contributed by atoms with van der Waals surface area (Å²) in [6.07, 6.45) is 3.40. The summed E-state index contributed by atoms with van der Waals surface area (Å²) >= 11 is 0. The van der Waals surface area contributed by atoms with Crippen molar-refractivity contribution in [3.05, 3.63) is 29.5 Å². The molecule has 1 unspecified atom stereocenters. The van der Waals surface area contributed by atoms with E-state index in [0.717, 1.165) is 30.5 Å². The van der Waals surface area contributed by atoms with Crippen LogP contribution in [0.3, 0.4) is 0 Å². The van der Waals surface area contributed by atoms with Crippen molar-refractivity contribution in [1.82, 2.24) is 4.98 Å². The third-order valence-electron chi connectivity index (χ3n) is 4.02. The fourth-order valence-corrected chi connectivity index (χ4v) is 3.18. The van der Waals surface area contributed by atoms with Crippen molar-refractivity contribution >= 4 is 16.8 Å². The highest BCUT2D eigenvalue weighted by Gasteiger charge is 2.28. The van der Waals surface area contributed by atoms with E-state index in [-0.39, 0.29) is 5.91 Å². The van der Waals surface area contributed by atoms with Crippen LogP contribution < -0.4 is 10.5 Å². The van der Waals surface area contributed by atoms with Gasteiger partial charge in [-0.15, -0.1) is 0 Å². The summed E-state index contributed by atoms with van der Waals surface area (Å²) in [6.45, 7) is 0. The van der Waals surface area contributed by atoms with Gasteiger partial charge < -0.3 is 15.5 Å². The number of aromatic amines is 1. The normalized spacial score (nSPS) is 17.6. The van der Waals surface area contributed by atoms with Gasteiger partial charge in [0.05, 0.1) is 7.11 Å². The molecule has 0 saturated heterocycles. The number of methoxy groups -OCH3 is 1. The van der Waals surface area contributed by atoms with Gasteiger partial charge >= 0.3 is 0 Å². The van der Waals surface area contributed by atoms with E-state index in [4.69, 9.17) is 10.5 Å². The number of rotatable bonds is 4. The second-order valence-electron chi connectivity index (χ2n) is 5.14. The SMILES string of the molecule is COc1cccc2[nH]c3c(c12)C(CCC(N)=O)CC3. The van der Waals surface area contributed by atoms with Gasteiger partial charge in [-0.3, -0.25) is 4.79 Å². The van der Waals surface area contributed by atoms with Crippen LogP contribution in [-0.4, -0.2) is 18.0 Å². The zero-order valence-corrected chi connectivity index (χ0v) is 11.0. The van der Waals surface area contributed by atoms with Crippen LogP contribution >= 0.6 is 0 Å². The average molecular weight is 258 g/mol. The number of carbonyl (C=O) groups excluding carboxylic acids is 1. The van der Waals surface area contributed by atoms with Crippen LogP contribution in [0, 0.1) is 0 Å². The molecule has 1 aliphatic carbocycles. The summed E-state index contributed by atoms with van der Waals surface area (Å²) in [6, 6.07) is 6.05. The van der Waals surface area contributed by atoms with E-state index in [9.17, 15) is 4.79 Å². The van der Waals surface area contributed by atoms with Gasteiger partial charge in [0.15, 0.2) is 0 Å². The molecule has 0 fully saturated rings. The fraction of sp³-hybridized carbons (Fsp3) is 0.400. The number of nitrogens with one attached hydrogen (secondary N) is 1. The number of aryl methyl sites for hydroxylation is 1. The van der Waals surface area contributed by atoms with E-state index >= 15 is 0 Å². The van der Waals surface area contributed by atoms with Gasteiger partial charge in [-0.25, -0.2) is 0 Å². The summed E-state index contributed by atoms with van der Waals surface area (Å²) in [5, 5.41) is 1.17. The van der Waals surface area contributed by atoms with Gasteiger partial charge in [-0.2, -0.15) is 0 Å². The third kappa shape index (κ3) is 1.97. The van der Waals surface area contributed by atoms with E-state index < -0.39 is 0 Å². The first-order valence-electron chi connectivity index (χ1n) is 6.66. The van der Waals surface area contributed by atoms with Crippen LogP contribution in [0.2, 0.25) is 0 Å². The number of nitrogens with two attached hydrogens (primary N) is 1. The van der Waals surface area contributed by atoms with Crippen molar-refractivity contribution in [3.8, 4) is 5.75 Å². The molecule has 0 saturated carbocycles. The number of benzene rings is 1. The summed E-state index contributed by atoms with van der Waals surface area (Å²) in [5.74, 6) is 1.09. The van der Waals surface area contributed by atoms with Gasteiger partial charge in [-0.1, -0.05) is 6.07 Å². The zero-order chi connectivity index (χ0) is 13.4. The number of aromatic nitrogens is 1. The molecule has 1 atom stereocenters. The van der Waals surface area contributed by atoms with Crippen LogP contribution in [0.4, 0.5) is 0 Å². The highest BCUT2D eigenvalue weighted by molar-refractivity contribution is 5.91. The van der Waals surface area contributed by atoms with Gasteiger partial charge in [0.2, 0.25) is 5.91 Å². The first-order valence-corrected chi connectivity index (χ1v) is 6.66. The Kier molecular flexibility index (Phi) is 2.93. The Labute approximate surface area is 111 Å². The summed E-state index contributed by atoms with van der Waals surface area (Å²) in [4.78, 5) is 14.5. The standard InChI is InChI=1S/C15H18N2O2/c1-19-12-4-2-3-10-15(12)14-9(6-8-13(16)18)5-7-11(14)17-10/h2-4,9,17H,5-8H2,1H3,(H2,16,18). The van der Waals surface area contributed by atoms with Crippen molar-refractivity contribution in [2.75, 3.05) is 7.11 Å². The number of hydrogen-bond donors (Lipinski definition) is 2. The quantitative estimate of drug-likeness (QED) is 0.884. The molecule has 2 aromatic rings. The summed E-state index contributed by atoms with van der Waals surface area (Å²) in [5.41, 5.74) is 9.00. The molecule has 1 aromatic heterocycles. The lowest BCUT2D eigenvalue weighted by Crippen LogP contribution is -2.11. The largest absolute Gasteiger partial charge is 0.496 e. The maximum Gasteiger partial charge on any atom is 0.217 e. The van der Waals surface area contributed by atoms with Crippen LogP contribution in [0.5, 0.6) is 5.75 Å². The van der Waals surface area contributed by atoms with Crippen LogP contribution in [0.1, 0.15) is 36.4 Å². The van der Waals surface area contributed by atoms with Crippen molar-refractivity contribution in [3.63, 3.8) is 0 Å². The number of amides is 1. The first-order chi connectivity index (χ1) is 9.20. The predicted molar refractivity (Wildman–Crippen MR) is 74.3 cm³/mol. The molecule has 0 bridgehead atoms. The number of primary amides is 1. The molecule has 0 spiro atoms. The van der Waals surface area contributed by atoms with Crippen LogP contribution in [0.25, 0.3) is 10.9 Å². The van der Waals surface area contributed by atoms with Crippen molar-refractivity contribution in [2.24, 2.45) is 5.73 Å². The highest BCUT2D eigenvalue weighted by atomic mass is 16.5. The topological polar surface area (TPSA) is 68.1 Å². The molecule has 4 nitrogen and oxygen atoms in total. The highest BCUT2D eigenvalue weighted by Crippen LogP contribution is 2.43. The number of fused-ring (bicyclic) bond motifs is 3. The molecule has 3 N–H and O–H groups in total. The Morgan fingerprint density at radius 3 is 3.11 bits per heavy atom. The Hall–Kier alpha value is -1.97.